The van der Waals surface area contributed by atoms with Gasteiger partial charge < -0.3 is 14.5 Å². The summed E-state index contributed by atoms with van der Waals surface area (Å²) in [7, 11) is 1.55. The van der Waals surface area contributed by atoms with Crippen LogP contribution in [0.25, 0.3) is 22.0 Å². The van der Waals surface area contributed by atoms with Crippen LogP contribution in [0.15, 0.2) is 70.3 Å². The number of amides is 1. The average molecular weight is 457 g/mol. The Balaban J connectivity index is 1.28. The zero-order chi connectivity index (χ0) is 23.7. The Morgan fingerprint density at radius 3 is 2.85 bits per heavy atom. The number of carbonyl (C=O) groups excluding carboxylic acids is 1. The van der Waals surface area contributed by atoms with Gasteiger partial charge in [0.1, 0.15) is 11.7 Å². The molecule has 0 fully saturated rings. The summed E-state index contributed by atoms with van der Waals surface area (Å²) in [5.74, 6) is 0.420. The van der Waals surface area contributed by atoms with Crippen LogP contribution in [-0.4, -0.2) is 38.9 Å². The van der Waals surface area contributed by atoms with E-state index >= 15 is 0 Å². The van der Waals surface area contributed by atoms with Gasteiger partial charge in [-0.05, 0) is 24.6 Å². The first-order valence-corrected chi connectivity index (χ1v) is 10.8. The number of fused-ring (bicyclic) bond motifs is 2. The van der Waals surface area contributed by atoms with Crippen LogP contribution in [0, 0.1) is 6.92 Å². The number of aromatic nitrogens is 4. The second-order valence-corrected chi connectivity index (χ2v) is 8.02. The van der Waals surface area contributed by atoms with Crippen molar-refractivity contribution in [3.63, 3.8) is 0 Å². The summed E-state index contributed by atoms with van der Waals surface area (Å²) in [5, 5.41) is 8.34. The normalized spacial score (nSPS) is 11.2. The van der Waals surface area contributed by atoms with Gasteiger partial charge >= 0.3 is 0 Å². The van der Waals surface area contributed by atoms with E-state index in [0.29, 0.717) is 35.5 Å². The van der Waals surface area contributed by atoms with Crippen molar-refractivity contribution in [1.82, 2.24) is 24.6 Å². The Kier molecular flexibility index (Phi) is 5.59. The number of hydrogen-bond donors (Lipinski definition) is 1. The van der Waals surface area contributed by atoms with Crippen molar-refractivity contribution < 1.29 is 13.9 Å². The molecule has 2 aromatic carbocycles. The fourth-order valence-electron chi connectivity index (χ4n) is 3.95. The minimum Gasteiger partial charge on any atom is -0.493 e. The van der Waals surface area contributed by atoms with Gasteiger partial charge in [0, 0.05) is 11.9 Å². The second-order valence-electron chi connectivity index (χ2n) is 8.02. The largest absolute Gasteiger partial charge is 0.493 e. The molecule has 0 unspecified atom stereocenters. The predicted octanol–water partition coefficient (Wildman–Crippen LogP) is 3.13. The van der Waals surface area contributed by atoms with Crippen LogP contribution in [0.5, 0.6) is 5.75 Å². The topological polar surface area (TPSA) is 104 Å². The lowest BCUT2D eigenvalue weighted by atomic mass is 10.1. The SMILES string of the molecule is COc1cccc2cc(C(=O)NCCn3ncc4c(=O)n(Cc5cccc(C)c5)cnc43)oc12. The van der Waals surface area contributed by atoms with Gasteiger partial charge in [-0.15, -0.1) is 0 Å². The third-order valence-corrected chi connectivity index (χ3v) is 5.62. The highest BCUT2D eigenvalue weighted by Gasteiger charge is 2.15. The molecule has 172 valence electrons. The van der Waals surface area contributed by atoms with Crippen LogP contribution in [0.3, 0.4) is 0 Å². The van der Waals surface area contributed by atoms with E-state index in [9.17, 15) is 9.59 Å². The number of carbonyl (C=O) groups is 1. The molecule has 1 amide bonds. The van der Waals surface area contributed by atoms with E-state index in [-0.39, 0.29) is 23.8 Å². The lowest BCUT2D eigenvalue weighted by Gasteiger charge is -2.07. The number of methoxy groups -OCH3 is 1. The molecule has 0 saturated heterocycles. The highest BCUT2D eigenvalue weighted by molar-refractivity contribution is 5.97. The standard InChI is InChI=1S/C25H23N5O4/c1-16-5-3-6-17(11-16)14-29-15-27-23-19(25(29)32)13-28-30(23)10-9-26-24(31)21-12-18-7-4-8-20(33-2)22(18)34-21/h3-8,11-13,15H,9-10,14H2,1-2H3,(H,26,31). The van der Waals surface area contributed by atoms with Gasteiger partial charge in [0.15, 0.2) is 22.7 Å². The Morgan fingerprint density at radius 2 is 2.03 bits per heavy atom. The van der Waals surface area contributed by atoms with Crippen LogP contribution < -0.4 is 15.6 Å². The molecule has 0 aliphatic heterocycles. The maximum atomic E-state index is 12.9. The fraction of sp³-hybridized carbons (Fsp3) is 0.200. The maximum absolute atomic E-state index is 12.9. The number of benzene rings is 2. The zero-order valence-electron chi connectivity index (χ0n) is 18.8. The van der Waals surface area contributed by atoms with Crippen LogP contribution >= 0.6 is 0 Å². The van der Waals surface area contributed by atoms with E-state index in [1.165, 1.54) is 12.5 Å². The number of aryl methyl sites for hydroxylation is 1. The Hall–Kier alpha value is -4.40. The van der Waals surface area contributed by atoms with Crippen LogP contribution in [0.1, 0.15) is 21.7 Å². The molecule has 0 aliphatic rings. The minimum absolute atomic E-state index is 0.155. The third kappa shape index (κ3) is 4.03. The van der Waals surface area contributed by atoms with E-state index in [1.807, 2.05) is 43.3 Å². The number of nitrogens with zero attached hydrogens (tertiary/aromatic N) is 4. The summed E-state index contributed by atoms with van der Waals surface area (Å²) < 4.78 is 14.1. The van der Waals surface area contributed by atoms with E-state index in [1.54, 1.807) is 28.5 Å². The monoisotopic (exact) mass is 457 g/mol. The van der Waals surface area contributed by atoms with Crippen LogP contribution in [0.2, 0.25) is 0 Å². The average Bonchev–Trinajstić information content (AvgIpc) is 3.45. The first kappa shape index (κ1) is 21.4. The fourth-order valence-corrected chi connectivity index (χ4v) is 3.95. The molecular formula is C25H23N5O4. The van der Waals surface area contributed by atoms with Crippen molar-refractivity contribution in [1.29, 1.82) is 0 Å². The molecular weight excluding hydrogens is 434 g/mol. The molecule has 0 bridgehead atoms. The third-order valence-electron chi connectivity index (χ3n) is 5.62. The van der Waals surface area contributed by atoms with Crippen molar-refractivity contribution >= 4 is 27.9 Å². The summed E-state index contributed by atoms with van der Waals surface area (Å²) in [6, 6.07) is 15.1. The van der Waals surface area contributed by atoms with Gasteiger partial charge in [-0.1, -0.05) is 42.0 Å². The maximum Gasteiger partial charge on any atom is 0.287 e. The molecule has 0 saturated carbocycles. The predicted molar refractivity (Wildman–Crippen MR) is 127 cm³/mol. The van der Waals surface area contributed by atoms with Gasteiger partial charge in [-0.3, -0.25) is 14.2 Å². The summed E-state index contributed by atoms with van der Waals surface area (Å²) in [5.41, 5.74) is 3.02. The van der Waals surface area contributed by atoms with E-state index in [2.05, 4.69) is 15.4 Å². The molecule has 0 aliphatic carbocycles. The highest BCUT2D eigenvalue weighted by atomic mass is 16.5. The van der Waals surface area contributed by atoms with Gasteiger partial charge in [-0.2, -0.15) is 5.10 Å². The number of furan rings is 1. The van der Waals surface area contributed by atoms with Crippen molar-refractivity contribution in [3.8, 4) is 5.75 Å². The molecule has 9 nitrogen and oxygen atoms in total. The molecule has 5 rings (SSSR count). The highest BCUT2D eigenvalue weighted by Crippen LogP contribution is 2.28. The number of rotatable bonds is 7. The Bertz CT molecular complexity index is 1560. The molecule has 3 aromatic heterocycles. The van der Waals surface area contributed by atoms with Gasteiger partial charge in [0.05, 0.1) is 26.4 Å². The van der Waals surface area contributed by atoms with E-state index in [0.717, 1.165) is 16.5 Å². The Morgan fingerprint density at radius 1 is 1.18 bits per heavy atom. The molecule has 34 heavy (non-hydrogen) atoms. The van der Waals surface area contributed by atoms with Crippen molar-refractivity contribution in [2.75, 3.05) is 13.7 Å². The summed E-state index contributed by atoms with van der Waals surface area (Å²) in [6.07, 6.45) is 3.05. The van der Waals surface area contributed by atoms with E-state index in [4.69, 9.17) is 9.15 Å². The van der Waals surface area contributed by atoms with Gasteiger partial charge in [-0.25, -0.2) is 9.67 Å². The first-order valence-electron chi connectivity index (χ1n) is 10.8. The van der Waals surface area contributed by atoms with Gasteiger partial charge in [0.2, 0.25) is 0 Å². The smallest absolute Gasteiger partial charge is 0.287 e. The summed E-state index contributed by atoms with van der Waals surface area (Å²) in [4.78, 5) is 29.9. The second kappa shape index (κ2) is 8.86. The van der Waals surface area contributed by atoms with Crippen molar-refractivity contribution in [2.45, 2.75) is 20.0 Å². The van der Waals surface area contributed by atoms with E-state index < -0.39 is 0 Å². The molecule has 0 spiro atoms. The summed E-state index contributed by atoms with van der Waals surface area (Å²) >= 11 is 0. The first-order chi connectivity index (χ1) is 16.5. The zero-order valence-corrected chi connectivity index (χ0v) is 18.8. The number of ether oxygens (including phenoxy) is 1. The Labute approximate surface area is 194 Å². The lowest BCUT2D eigenvalue weighted by Crippen LogP contribution is -2.27. The molecule has 0 radical (unpaired) electrons. The van der Waals surface area contributed by atoms with Crippen molar-refractivity contribution in [2.24, 2.45) is 0 Å². The van der Waals surface area contributed by atoms with Crippen molar-refractivity contribution in [3.05, 3.63) is 88.3 Å². The van der Waals surface area contributed by atoms with Crippen LogP contribution in [0.4, 0.5) is 0 Å². The summed E-state index contributed by atoms with van der Waals surface area (Å²) in [6.45, 7) is 3.10. The molecule has 9 heteroatoms. The molecule has 3 heterocycles. The quantitative estimate of drug-likeness (QED) is 0.403. The number of para-hydroxylation sites is 1. The molecule has 5 aromatic rings. The number of nitrogens with one attached hydrogen (secondary N) is 1. The molecule has 1 N–H and O–H groups in total. The number of hydrogen-bond acceptors (Lipinski definition) is 6. The lowest BCUT2D eigenvalue weighted by molar-refractivity contribution is 0.0926. The molecule has 0 atom stereocenters. The minimum atomic E-state index is -0.344. The van der Waals surface area contributed by atoms with Crippen LogP contribution in [-0.2, 0) is 13.1 Å². The van der Waals surface area contributed by atoms with Gasteiger partial charge in [0.25, 0.3) is 11.5 Å².